The number of hydrogen-bond acceptors (Lipinski definition) is 2. The molecule has 0 radical (unpaired) electrons. The van der Waals surface area contributed by atoms with Crippen LogP contribution >= 0.6 is 0 Å². The van der Waals surface area contributed by atoms with Gasteiger partial charge >= 0.3 is 0 Å². The SMILES string of the molecule is CN1CCN(C(=O)c2ccn(C(C)(C)C)c2)CC1. The van der Waals surface area contributed by atoms with Gasteiger partial charge in [0.1, 0.15) is 0 Å². The molecule has 4 nitrogen and oxygen atoms in total. The van der Waals surface area contributed by atoms with Gasteiger partial charge in [-0.25, -0.2) is 0 Å². The standard InChI is InChI=1S/C14H23N3O/c1-14(2,3)17-6-5-12(11-17)13(18)16-9-7-15(4)8-10-16/h5-6,11H,7-10H2,1-4H3. The highest BCUT2D eigenvalue weighted by Gasteiger charge is 2.22. The molecule has 0 bridgehead atoms. The van der Waals surface area contributed by atoms with Crippen LogP contribution in [-0.2, 0) is 5.54 Å². The molecule has 0 unspecified atom stereocenters. The summed E-state index contributed by atoms with van der Waals surface area (Å²) >= 11 is 0. The Bertz CT molecular complexity index is 422. The second-order valence-corrected chi connectivity index (χ2v) is 6.07. The van der Waals surface area contributed by atoms with Gasteiger partial charge in [0, 0.05) is 44.1 Å². The second-order valence-electron chi connectivity index (χ2n) is 6.07. The smallest absolute Gasteiger partial charge is 0.255 e. The molecule has 1 aromatic heterocycles. The molecule has 0 atom stereocenters. The summed E-state index contributed by atoms with van der Waals surface area (Å²) in [4.78, 5) is 16.5. The molecule has 1 amide bonds. The van der Waals surface area contributed by atoms with Crippen molar-refractivity contribution in [3.05, 3.63) is 24.0 Å². The molecule has 0 N–H and O–H groups in total. The summed E-state index contributed by atoms with van der Waals surface area (Å²) in [6.45, 7) is 9.99. The topological polar surface area (TPSA) is 28.5 Å². The molecule has 1 aromatic rings. The van der Waals surface area contributed by atoms with Crippen LogP contribution in [0.2, 0.25) is 0 Å². The zero-order chi connectivity index (χ0) is 13.3. The summed E-state index contributed by atoms with van der Waals surface area (Å²) in [5.74, 6) is 0.158. The van der Waals surface area contributed by atoms with Crippen LogP contribution in [0.4, 0.5) is 0 Å². The highest BCUT2D eigenvalue weighted by atomic mass is 16.2. The molecule has 2 heterocycles. The van der Waals surface area contributed by atoms with Crippen molar-refractivity contribution in [2.75, 3.05) is 33.2 Å². The molecule has 18 heavy (non-hydrogen) atoms. The lowest BCUT2D eigenvalue weighted by molar-refractivity contribution is 0.0664. The van der Waals surface area contributed by atoms with E-state index in [1.807, 2.05) is 23.4 Å². The molecule has 0 saturated carbocycles. The Labute approximate surface area is 109 Å². The van der Waals surface area contributed by atoms with Gasteiger partial charge in [-0.15, -0.1) is 0 Å². The van der Waals surface area contributed by atoms with Crippen LogP contribution < -0.4 is 0 Å². The average molecular weight is 249 g/mol. The molecule has 1 aliphatic rings. The maximum Gasteiger partial charge on any atom is 0.255 e. The van der Waals surface area contributed by atoms with Crippen molar-refractivity contribution in [1.29, 1.82) is 0 Å². The zero-order valence-electron chi connectivity index (χ0n) is 11.8. The maximum absolute atomic E-state index is 12.3. The van der Waals surface area contributed by atoms with Crippen molar-refractivity contribution in [2.45, 2.75) is 26.3 Å². The summed E-state index contributed by atoms with van der Waals surface area (Å²) in [6, 6.07) is 1.92. The van der Waals surface area contributed by atoms with Crippen molar-refractivity contribution < 1.29 is 4.79 Å². The number of rotatable bonds is 1. The Morgan fingerprint density at radius 1 is 1.17 bits per heavy atom. The first-order valence-corrected chi connectivity index (χ1v) is 6.54. The highest BCUT2D eigenvalue weighted by Crippen LogP contribution is 2.17. The summed E-state index contributed by atoms with van der Waals surface area (Å²) in [5, 5.41) is 0. The number of carbonyl (C=O) groups excluding carboxylic acids is 1. The number of nitrogens with zero attached hydrogens (tertiary/aromatic N) is 3. The lowest BCUT2D eigenvalue weighted by Gasteiger charge is -2.32. The molecule has 0 spiro atoms. The highest BCUT2D eigenvalue weighted by molar-refractivity contribution is 5.94. The van der Waals surface area contributed by atoms with Gasteiger partial charge in [-0.2, -0.15) is 0 Å². The number of carbonyl (C=O) groups is 1. The third-order valence-electron chi connectivity index (χ3n) is 3.50. The van der Waals surface area contributed by atoms with Crippen molar-refractivity contribution in [3.63, 3.8) is 0 Å². The van der Waals surface area contributed by atoms with Crippen LogP contribution in [0.5, 0.6) is 0 Å². The van der Waals surface area contributed by atoms with Crippen molar-refractivity contribution in [3.8, 4) is 0 Å². The van der Waals surface area contributed by atoms with E-state index < -0.39 is 0 Å². The molecule has 100 valence electrons. The van der Waals surface area contributed by atoms with Crippen LogP contribution in [0.15, 0.2) is 18.5 Å². The summed E-state index contributed by atoms with van der Waals surface area (Å²) in [5.41, 5.74) is 0.829. The van der Waals surface area contributed by atoms with Crippen LogP contribution in [0, 0.1) is 0 Å². The third-order valence-corrected chi connectivity index (χ3v) is 3.50. The molecule has 4 heteroatoms. The van der Waals surface area contributed by atoms with E-state index in [4.69, 9.17) is 0 Å². The zero-order valence-corrected chi connectivity index (χ0v) is 11.8. The second kappa shape index (κ2) is 4.76. The van der Waals surface area contributed by atoms with Gasteiger partial charge in [0.2, 0.25) is 0 Å². The molecule has 1 fully saturated rings. The number of aromatic nitrogens is 1. The first-order chi connectivity index (χ1) is 8.38. The van der Waals surface area contributed by atoms with E-state index >= 15 is 0 Å². The quantitative estimate of drug-likeness (QED) is 0.757. The number of hydrogen-bond donors (Lipinski definition) is 0. The Morgan fingerprint density at radius 2 is 1.78 bits per heavy atom. The number of piperazine rings is 1. The Morgan fingerprint density at radius 3 is 2.28 bits per heavy atom. The summed E-state index contributed by atoms with van der Waals surface area (Å²) in [6.07, 6.45) is 3.95. The molecule has 2 rings (SSSR count). The van der Waals surface area contributed by atoms with Crippen molar-refractivity contribution >= 4 is 5.91 Å². The first-order valence-electron chi connectivity index (χ1n) is 6.54. The Hall–Kier alpha value is -1.29. The lowest BCUT2D eigenvalue weighted by atomic mass is 10.1. The number of likely N-dealkylation sites (N-methyl/N-ethyl adjacent to an activating group) is 1. The Kier molecular flexibility index (Phi) is 3.48. The van der Waals surface area contributed by atoms with E-state index in [9.17, 15) is 4.79 Å². The monoisotopic (exact) mass is 249 g/mol. The Balaban J connectivity index is 2.07. The van der Waals surface area contributed by atoms with Gasteiger partial charge < -0.3 is 14.4 Å². The number of amides is 1. The fraction of sp³-hybridized carbons (Fsp3) is 0.643. The average Bonchev–Trinajstić information content (AvgIpc) is 2.78. The van der Waals surface area contributed by atoms with Crippen LogP contribution in [0.3, 0.4) is 0 Å². The van der Waals surface area contributed by atoms with E-state index in [0.717, 1.165) is 31.7 Å². The summed E-state index contributed by atoms with van der Waals surface area (Å²) in [7, 11) is 2.10. The predicted molar refractivity (Wildman–Crippen MR) is 72.8 cm³/mol. The summed E-state index contributed by atoms with van der Waals surface area (Å²) < 4.78 is 2.09. The van der Waals surface area contributed by atoms with Crippen LogP contribution in [0.1, 0.15) is 31.1 Å². The van der Waals surface area contributed by atoms with E-state index in [-0.39, 0.29) is 11.4 Å². The maximum atomic E-state index is 12.3. The van der Waals surface area contributed by atoms with Gasteiger partial charge in [-0.1, -0.05) is 0 Å². The minimum atomic E-state index is 0.0284. The third kappa shape index (κ3) is 2.75. The van der Waals surface area contributed by atoms with Gasteiger partial charge in [0.15, 0.2) is 0 Å². The van der Waals surface area contributed by atoms with E-state index in [0.29, 0.717) is 0 Å². The minimum absolute atomic E-state index is 0.0284. The largest absolute Gasteiger partial charge is 0.348 e. The van der Waals surface area contributed by atoms with Gasteiger partial charge in [0.25, 0.3) is 5.91 Å². The normalized spacial score (nSPS) is 18.1. The molecule has 0 aromatic carbocycles. The van der Waals surface area contributed by atoms with Crippen LogP contribution in [0.25, 0.3) is 0 Å². The predicted octanol–water partition coefficient (Wildman–Crippen LogP) is 1.63. The molecule has 0 aliphatic carbocycles. The minimum Gasteiger partial charge on any atom is -0.348 e. The molecular weight excluding hydrogens is 226 g/mol. The van der Waals surface area contributed by atoms with Gasteiger partial charge in [0.05, 0.1) is 5.56 Å². The van der Waals surface area contributed by atoms with E-state index in [2.05, 4.69) is 37.3 Å². The molecule has 1 aliphatic heterocycles. The fourth-order valence-electron chi connectivity index (χ4n) is 2.13. The first kappa shape index (κ1) is 13.1. The lowest BCUT2D eigenvalue weighted by Crippen LogP contribution is -2.47. The molecule has 1 saturated heterocycles. The van der Waals surface area contributed by atoms with Crippen LogP contribution in [-0.4, -0.2) is 53.5 Å². The van der Waals surface area contributed by atoms with Gasteiger partial charge in [-0.05, 0) is 33.9 Å². The van der Waals surface area contributed by atoms with E-state index in [1.165, 1.54) is 0 Å². The van der Waals surface area contributed by atoms with Crippen molar-refractivity contribution in [1.82, 2.24) is 14.4 Å². The molecular formula is C14H23N3O. The van der Waals surface area contributed by atoms with Gasteiger partial charge in [-0.3, -0.25) is 4.79 Å². The van der Waals surface area contributed by atoms with Crippen molar-refractivity contribution in [2.24, 2.45) is 0 Å². The fourth-order valence-corrected chi connectivity index (χ4v) is 2.13. The van der Waals surface area contributed by atoms with E-state index in [1.54, 1.807) is 0 Å².